The minimum absolute atomic E-state index is 0.155. The Hall–Kier alpha value is -1.36. The zero-order valence-corrected chi connectivity index (χ0v) is 7.96. The lowest BCUT2D eigenvalue weighted by molar-refractivity contribution is 0.214. The van der Waals surface area contributed by atoms with Crippen LogP contribution in [-0.4, -0.2) is 0 Å². The molecule has 0 unspecified atom stereocenters. The molecular weight excluding hydrogens is 177 g/mol. The van der Waals surface area contributed by atoms with Crippen LogP contribution in [0.3, 0.4) is 0 Å². The maximum absolute atomic E-state index is 12.6. The summed E-state index contributed by atoms with van der Waals surface area (Å²) in [6.07, 6.45) is 3.89. The molecule has 0 saturated heterocycles. The first-order chi connectivity index (χ1) is 6.74. The van der Waals surface area contributed by atoms with Gasteiger partial charge in [-0.2, -0.15) is 5.26 Å². The predicted molar refractivity (Wildman–Crippen MR) is 52.0 cm³/mol. The third kappa shape index (κ3) is 1.63. The first-order valence-electron chi connectivity index (χ1n) is 4.90. The highest BCUT2D eigenvalue weighted by atomic mass is 19.1. The predicted octanol–water partition coefficient (Wildman–Crippen LogP) is 3.06. The van der Waals surface area contributed by atoms with Crippen molar-refractivity contribution in [2.45, 2.75) is 25.7 Å². The van der Waals surface area contributed by atoms with Crippen LogP contribution in [0.1, 0.15) is 24.8 Å². The molecule has 1 aromatic carbocycles. The Morgan fingerprint density at radius 3 is 2.36 bits per heavy atom. The van der Waals surface area contributed by atoms with Crippen LogP contribution in [0.15, 0.2) is 24.3 Å². The van der Waals surface area contributed by atoms with Crippen LogP contribution in [0.4, 0.5) is 4.39 Å². The summed E-state index contributed by atoms with van der Waals surface area (Å²) < 4.78 is 12.6. The van der Waals surface area contributed by atoms with E-state index in [0.29, 0.717) is 0 Å². The molecular formula is C12H12FN. The number of hydrogen-bond donors (Lipinski definition) is 0. The van der Waals surface area contributed by atoms with Gasteiger partial charge >= 0.3 is 0 Å². The van der Waals surface area contributed by atoms with E-state index in [1.54, 1.807) is 12.1 Å². The number of nitrogens with zero attached hydrogens (tertiary/aromatic N) is 1. The summed E-state index contributed by atoms with van der Waals surface area (Å²) in [5.74, 6) is -0.214. The topological polar surface area (TPSA) is 23.8 Å². The second kappa shape index (κ2) is 3.42. The summed E-state index contributed by atoms with van der Waals surface area (Å²) in [5.41, 5.74) is 0.908. The van der Waals surface area contributed by atoms with Gasteiger partial charge in [-0.1, -0.05) is 18.6 Å². The Morgan fingerprint density at radius 2 is 1.93 bits per heavy atom. The van der Waals surface area contributed by atoms with Gasteiger partial charge in [0, 0.05) is 0 Å². The Bertz CT molecular complexity index is 357. The normalized spacial score (nSPS) is 18.3. The maximum Gasteiger partial charge on any atom is 0.123 e. The number of nitriles is 1. The van der Waals surface area contributed by atoms with E-state index in [1.807, 2.05) is 0 Å². The van der Waals surface area contributed by atoms with Crippen LogP contribution in [0, 0.1) is 22.6 Å². The highest BCUT2D eigenvalue weighted by Crippen LogP contribution is 2.42. The van der Waals surface area contributed by atoms with Crippen molar-refractivity contribution >= 4 is 0 Å². The van der Waals surface area contributed by atoms with Crippen molar-refractivity contribution < 1.29 is 4.39 Å². The van der Waals surface area contributed by atoms with Gasteiger partial charge in [-0.3, -0.25) is 0 Å². The third-order valence-electron chi connectivity index (χ3n) is 3.00. The molecule has 0 spiro atoms. The van der Waals surface area contributed by atoms with Gasteiger partial charge in [0.15, 0.2) is 0 Å². The standard InChI is InChI=1S/C12H12FN/c13-11-4-2-10(3-5-11)8-12(9-14)6-1-7-12/h2-5H,1,6-8H2. The van der Waals surface area contributed by atoms with E-state index in [2.05, 4.69) is 6.07 Å². The molecule has 1 aliphatic rings. The second-order valence-corrected chi connectivity index (χ2v) is 4.05. The first kappa shape index (κ1) is 9.21. The molecule has 0 atom stereocenters. The molecule has 0 aromatic heterocycles. The number of hydrogen-bond acceptors (Lipinski definition) is 1. The third-order valence-corrected chi connectivity index (χ3v) is 3.00. The monoisotopic (exact) mass is 189 g/mol. The molecule has 0 N–H and O–H groups in total. The van der Waals surface area contributed by atoms with Gasteiger partial charge in [0.05, 0.1) is 11.5 Å². The lowest BCUT2D eigenvalue weighted by Crippen LogP contribution is -2.29. The fraction of sp³-hybridized carbons (Fsp3) is 0.417. The molecule has 1 aliphatic carbocycles. The highest BCUT2D eigenvalue weighted by Gasteiger charge is 2.36. The minimum Gasteiger partial charge on any atom is -0.207 e. The van der Waals surface area contributed by atoms with Gasteiger partial charge in [-0.15, -0.1) is 0 Å². The molecule has 0 heterocycles. The molecule has 1 nitrogen and oxygen atoms in total. The summed E-state index contributed by atoms with van der Waals surface area (Å²) in [5, 5.41) is 9.03. The van der Waals surface area contributed by atoms with E-state index in [-0.39, 0.29) is 11.2 Å². The molecule has 2 heteroatoms. The summed E-state index contributed by atoms with van der Waals surface area (Å²) in [7, 11) is 0. The Balaban J connectivity index is 2.11. The van der Waals surface area contributed by atoms with Crippen LogP contribution in [0.25, 0.3) is 0 Å². The zero-order chi connectivity index (χ0) is 10.0. The molecule has 0 radical (unpaired) electrons. The molecule has 1 aromatic rings. The van der Waals surface area contributed by atoms with Crippen molar-refractivity contribution in [3.05, 3.63) is 35.6 Å². The van der Waals surface area contributed by atoms with Crippen LogP contribution in [0.5, 0.6) is 0 Å². The summed E-state index contributed by atoms with van der Waals surface area (Å²) in [4.78, 5) is 0. The molecule has 1 saturated carbocycles. The van der Waals surface area contributed by atoms with Crippen molar-refractivity contribution in [1.82, 2.24) is 0 Å². The lowest BCUT2D eigenvalue weighted by Gasteiger charge is -2.35. The summed E-state index contributed by atoms with van der Waals surface area (Å²) >= 11 is 0. The van der Waals surface area contributed by atoms with Gasteiger partial charge in [0.2, 0.25) is 0 Å². The van der Waals surface area contributed by atoms with Crippen molar-refractivity contribution in [3.63, 3.8) is 0 Å². The van der Waals surface area contributed by atoms with E-state index in [4.69, 9.17) is 5.26 Å². The molecule has 0 amide bonds. The fourth-order valence-corrected chi connectivity index (χ4v) is 1.92. The van der Waals surface area contributed by atoms with Gasteiger partial charge in [0.1, 0.15) is 5.82 Å². The Morgan fingerprint density at radius 1 is 1.29 bits per heavy atom. The number of rotatable bonds is 2. The highest BCUT2D eigenvalue weighted by molar-refractivity contribution is 5.21. The quantitative estimate of drug-likeness (QED) is 0.701. The summed E-state index contributed by atoms with van der Waals surface area (Å²) in [6.45, 7) is 0. The van der Waals surface area contributed by atoms with Crippen molar-refractivity contribution in [2.75, 3.05) is 0 Å². The minimum atomic E-state index is -0.214. The first-order valence-corrected chi connectivity index (χ1v) is 4.90. The van der Waals surface area contributed by atoms with E-state index >= 15 is 0 Å². The van der Waals surface area contributed by atoms with Gasteiger partial charge in [-0.25, -0.2) is 4.39 Å². The largest absolute Gasteiger partial charge is 0.207 e. The van der Waals surface area contributed by atoms with E-state index in [1.165, 1.54) is 12.1 Å². The van der Waals surface area contributed by atoms with Crippen LogP contribution < -0.4 is 0 Å². The average molecular weight is 189 g/mol. The number of halogens is 1. The SMILES string of the molecule is N#CC1(Cc2ccc(F)cc2)CCC1. The molecule has 0 bridgehead atoms. The van der Waals surface area contributed by atoms with Crippen LogP contribution in [-0.2, 0) is 6.42 Å². The molecule has 14 heavy (non-hydrogen) atoms. The number of benzene rings is 1. The van der Waals surface area contributed by atoms with Crippen LogP contribution in [0.2, 0.25) is 0 Å². The molecule has 1 fully saturated rings. The molecule has 2 rings (SSSR count). The van der Waals surface area contributed by atoms with Crippen molar-refractivity contribution in [1.29, 1.82) is 5.26 Å². The van der Waals surface area contributed by atoms with E-state index < -0.39 is 0 Å². The summed E-state index contributed by atoms with van der Waals surface area (Å²) in [6, 6.07) is 8.84. The fourth-order valence-electron chi connectivity index (χ4n) is 1.92. The smallest absolute Gasteiger partial charge is 0.123 e. The second-order valence-electron chi connectivity index (χ2n) is 4.05. The average Bonchev–Trinajstić information content (AvgIpc) is 2.15. The van der Waals surface area contributed by atoms with Gasteiger partial charge in [0.25, 0.3) is 0 Å². The van der Waals surface area contributed by atoms with E-state index in [9.17, 15) is 4.39 Å². The Kier molecular flexibility index (Phi) is 2.25. The van der Waals surface area contributed by atoms with E-state index in [0.717, 1.165) is 31.2 Å². The Labute approximate surface area is 83.2 Å². The lowest BCUT2D eigenvalue weighted by atomic mass is 9.66. The zero-order valence-electron chi connectivity index (χ0n) is 7.96. The molecule has 0 aliphatic heterocycles. The molecule has 72 valence electrons. The van der Waals surface area contributed by atoms with Gasteiger partial charge < -0.3 is 0 Å². The maximum atomic E-state index is 12.6. The van der Waals surface area contributed by atoms with Crippen molar-refractivity contribution in [2.24, 2.45) is 5.41 Å². The van der Waals surface area contributed by atoms with Crippen LogP contribution >= 0.6 is 0 Å². The van der Waals surface area contributed by atoms with Gasteiger partial charge in [-0.05, 0) is 37.0 Å². The van der Waals surface area contributed by atoms with Crippen molar-refractivity contribution in [3.8, 4) is 6.07 Å².